The van der Waals surface area contributed by atoms with E-state index in [1.54, 1.807) is 6.92 Å². The van der Waals surface area contributed by atoms with Crippen molar-refractivity contribution in [2.45, 2.75) is 95.7 Å². The van der Waals surface area contributed by atoms with Crippen molar-refractivity contribution in [2.75, 3.05) is 0 Å². The van der Waals surface area contributed by atoms with Crippen molar-refractivity contribution in [3.63, 3.8) is 0 Å². The van der Waals surface area contributed by atoms with Crippen LogP contribution in [0.4, 0.5) is 0 Å². The van der Waals surface area contributed by atoms with Gasteiger partial charge in [-0.3, -0.25) is 4.79 Å². The molecule has 0 heterocycles. The lowest BCUT2D eigenvalue weighted by molar-refractivity contribution is -0.120. The minimum absolute atomic E-state index is 0.0265. The maximum Gasteiger partial charge on any atom is 0.217 e. The van der Waals surface area contributed by atoms with Crippen molar-refractivity contribution in [1.82, 2.24) is 5.32 Å². The predicted molar refractivity (Wildman–Crippen MR) is 98.7 cm³/mol. The molecular formula is C16H34N2OS2. The zero-order chi connectivity index (χ0) is 17.1. The molecular weight excluding hydrogens is 300 g/mol. The second-order valence-corrected chi connectivity index (χ2v) is 12.1. The average molecular weight is 335 g/mol. The fraction of sp³-hybridized carbons (Fsp3) is 0.938. The van der Waals surface area contributed by atoms with Crippen LogP contribution in [0.5, 0.6) is 0 Å². The van der Waals surface area contributed by atoms with Crippen molar-refractivity contribution in [1.29, 1.82) is 0 Å². The Bertz CT molecular complexity index is 358. The van der Waals surface area contributed by atoms with E-state index in [9.17, 15) is 4.79 Å². The second-order valence-electron chi connectivity index (χ2n) is 8.59. The van der Waals surface area contributed by atoms with Crippen LogP contribution >= 0.6 is 21.6 Å². The van der Waals surface area contributed by atoms with E-state index in [-0.39, 0.29) is 26.5 Å². The Hall–Kier alpha value is 0.130. The first-order valence-electron chi connectivity index (χ1n) is 7.48. The quantitative estimate of drug-likeness (QED) is 0.648. The minimum atomic E-state index is -0.194. The molecule has 0 fully saturated rings. The highest BCUT2D eigenvalue weighted by Gasteiger charge is 2.34. The van der Waals surface area contributed by atoms with Gasteiger partial charge in [0, 0.05) is 27.5 Å². The van der Waals surface area contributed by atoms with Crippen molar-refractivity contribution in [3.8, 4) is 0 Å². The maximum absolute atomic E-state index is 11.3. The van der Waals surface area contributed by atoms with Gasteiger partial charge in [0.05, 0.1) is 0 Å². The molecule has 0 radical (unpaired) electrons. The Morgan fingerprint density at radius 1 is 0.905 bits per heavy atom. The van der Waals surface area contributed by atoms with Crippen LogP contribution in [0, 0.1) is 0 Å². The lowest BCUT2D eigenvalue weighted by Crippen LogP contribution is -2.46. The van der Waals surface area contributed by atoms with Gasteiger partial charge in [0.15, 0.2) is 0 Å². The van der Waals surface area contributed by atoms with Crippen molar-refractivity contribution in [2.24, 2.45) is 5.73 Å². The molecule has 0 saturated carbocycles. The van der Waals surface area contributed by atoms with E-state index in [2.05, 4.69) is 60.7 Å². The van der Waals surface area contributed by atoms with Gasteiger partial charge in [-0.15, -0.1) is 0 Å². The topological polar surface area (TPSA) is 55.1 Å². The molecule has 1 amide bonds. The Morgan fingerprint density at radius 2 is 1.29 bits per heavy atom. The first-order valence-corrected chi connectivity index (χ1v) is 9.63. The summed E-state index contributed by atoms with van der Waals surface area (Å²) in [6.07, 6.45) is 1.88. The number of hydrogen-bond acceptors (Lipinski definition) is 4. The predicted octanol–water partition coefficient (Wildman–Crippen LogP) is 4.36. The van der Waals surface area contributed by atoms with Gasteiger partial charge in [-0.2, -0.15) is 0 Å². The number of rotatable bonds is 8. The van der Waals surface area contributed by atoms with E-state index >= 15 is 0 Å². The molecule has 3 N–H and O–H groups in total. The summed E-state index contributed by atoms with van der Waals surface area (Å²) >= 11 is 0. The third-order valence-electron chi connectivity index (χ3n) is 2.76. The van der Waals surface area contributed by atoms with Crippen LogP contribution < -0.4 is 11.1 Å². The van der Waals surface area contributed by atoms with Crippen molar-refractivity contribution < 1.29 is 4.79 Å². The summed E-state index contributed by atoms with van der Waals surface area (Å²) in [6, 6.07) is 0. The van der Waals surface area contributed by atoms with Gasteiger partial charge in [0.25, 0.3) is 0 Å². The molecule has 0 aromatic rings. The smallest absolute Gasteiger partial charge is 0.217 e. The number of nitrogens with one attached hydrogen (secondary N) is 1. The van der Waals surface area contributed by atoms with Gasteiger partial charge in [-0.05, 0) is 68.2 Å². The molecule has 0 aliphatic rings. The van der Waals surface area contributed by atoms with Crippen LogP contribution in [-0.2, 0) is 4.79 Å². The zero-order valence-electron chi connectivity index (χ0n) is 15.2. The largest absolute Gasteiger partial charge is 0.351 e. The monoisotopic (exact) mass is 334 g/mol. The summed E-state index contributed by atoms with van der Waals surface area (Å²) in [5.41, 5.74) is 5.80. The number of hydrogen-bond donors (Lipinski definition) is 2. The third-order valence-corrected chi connectivity index (χ3v) is 6.99. The summed E-state index contributed by atoms with van der Waals surface area (Å²) in [4.78, 5) is 11.3. The van der Waals surface area contributed by atoms with Crippen LogP contribution in [0.2, 0.25) is 0 Å². The van der Waals surface area contributed by atoms with Gasteiger partial charge in [-0.25, -0.2) is 0 Å². The lowest BCUT2D eigenvalue weighted by Gasteiger charge is -2.38. The number of amides is 1. The molecule has 0 spiro atoms. The first-order chi connectivity index (χ1) is 9.04. The zero-order valence-corrected chi connectivity index (χ0v) is 16.8. The second kappa shape index (κ2) is 7.14. The Balaban J connectivity index is 4.58. The summed E-state index contributed by atoms with van der Waals surface area (Å²) in [7, 11) is 3.79. The van der Waals surface area contributed by atoms with Crippen LogP contribution in [0.15, 0.2) is 0 Å². The van der Waals surface area contributed by atoms with Crippen LogP contribution in [0.3, 0.4) is 0 Å². The molecule has 21 heavy (non-hydrogen) atoms. The minimum Gasteiger partial charge on any atom is -0.351 e. The molecule has 0 aromatic heterocycles. The molecule has 3 nitrogen and oxygen atoms in total. The normalized spacial score (nSPS) is 14.2. The van der Waals surface area contributed by atoms with Gasteiger partial charge >= 0.3 is 0 Å². The fourth-order valence-corrected chi connectivity index (χ4v) is 5.98. The van der Waals surface area contributed by atoms with E-state index < -0.39 is 0 Å². The summed E-state index contributed by atoms with van der Waals surface area (Å²) in [5.74, 6) is 0.0265. The molecule has 0 bridgehead atoms. The first kappa shape index (κ1) is 21.1. The molecule has 0 atom stereocenters. The van der Waals surface area contributed by atoms with Crippen LogP contribution in [-0.4, -0.2) is 26.5 Å². The van der Waals surface area contributed by atoms with E-state index in [1.165, 1.54) is 0 Å². The van der Waals surface area contributed by atoms with Crippen LogP contribution in [0.1, 0.15) is 75.2 Å². The highest BCUT2D eigenvalue weighted by atomic mass is 33.1. The lowest BCUT2D eigenvalue weighted by atomic mass is 9.92. The van der Waals surface area contributed by atoms with Gasteiger partial charge in [-0.1, -0.05) is 21.6 Å². The third kappa shape index (κ3) is 11.4. The van der Waals surface area contributed by atoms with E-state index in [0.29, 0.717) is 0 Å². The standard InChI is InChI=1S/C16H34N2OS2/c1-12(19)18-14(4,5)11-16(8,9)21-20-15(6,7)10-13(2,3)17/h10-11,17H2,1-9H3,(H,18,19). The van der Waals surface area contributed by atoms with Crippen LogP contribution in [0.25, 0.3) is 0 Å². The van der Waals surface area contributed by atoms with Gasteiger partial charge in [0.2, 0.25) is 5.91 Å². The maximum atomic E-state index is 11.3. The van der Waals surface area contributed by atoms with Crippen molar-refractivity contribution >= 4 is 27.5 Å². The molecule has 0 aromatic carbocycles. The van der Waals surface area contributed by atoms with Gasteiger partial charge in [0.1, 0.15) is 0 Å². The number of carbonyl (C=O) groups is 1. The van der Waals surface area contributed by atoms with E-state index in [4.69, 9.17) is 5.73 Å². The fourth-order valence-electron chi connectivity index (χ4n) is 2.97. The molecule has 0 saturated heterocycles. The summed E-state index contributed by atoms with van der Waals surface area (Å²) in [5, 5.41) is 3.03. The molecule has 0 aliphatic heterocycles. The highest BCUT2D eigenvalue weighted by molar-refractivity contribution is 8.77. The van der Waals surface area contributed by atoms with Crippen molar-refractivity contribution in [3.05, 3.63) is 0 Å². The molecule has 0 unspecified atom stereocenters. The Morgan fingerprint density at radius 3 is 1.62 bits per heavy atom. The average Bonchev–Trinajstić information content (AvgIpc) is 2.06. The summed E-state index contributed by atoms with van der Waals surface area (Å²) in [6.45, 7) is 18.8. The summed E-state index contributed by atoms with van der Waals surface area (Å²) < 4.78 is 0.199. The van der Waals surface area contributed by atoms with E-state index in [0.717, 1.165) is 12.8 Å². The van der Waals surface area contributed by atoms with E-state index in [1.807, 2.05) is 21.6 Å². The highest BCUT2D eigenvalue weighted by Crippen LogP contribution is 2.48. The molecule has 0 rings (SSSR count). The SMILES string of the molecule is CC(=O)NC(C)(C)CC(C)(C)SSC(C)(C)CC(C)(C)N. The molecule has 5 heteroatoms. The Labute approximate surface area is 139 Å². The molecule has 0 aliphatic carbocycles. The Kier molecular flexibility index (Phi) is 7.18. The van der Waals surface area contributed by atoms with Gasteiger partial charge < -0.3 is 11.1 Å². The number of carbonyl (C=O) groups excluding carboxylic acids is 1. The number of nitrogens with two attached hydrogens (primary N) is 1. The molecule has 126 valence electrons.